The number of Topliss-reactive ketones (excluding diaryl/α,β-unsaturated/α-hetero) is 1. The van der Waals surface area contributed by atoms with Crippen molar-refractivity contribution in [3.05, 3.63) is 12.7 Å². The average molecular weight is 769 g/mol. The minimum Gasteiger partial charge on any atom is -0.346 e. The van der Waals surface area contributed by atoms with Gasteiger partial charge in [0.2, 0.25) is 29.4 Å². The third kappa shape index (κ3) is 11.2. The molecule has 0 aromatic rings. The van der Waals surface area contributed by atoms with Gasteiger partial charge in [-0.25, -0.2) is 4.79 Å². The second kappa shape index (κ2) is 19.4. The van der Waals surface area contributed by atoms with Crippen molar-refractivity contribution in [2.45, 2.75) is 162 Å². The van der Waals surface area contributed by atoms with Crippen molar-refractivity contribution in [2.24, 2.45) is 28.6 Å². The summed E-state index contributed by atoms with van der Waals surface area (Å²) < 4.78 is 0. The number of ketones is 1. The molecule has 2 aliphatic carbocycles. The lowest BCUT2D eigenvalue weighted by Gasteiger charge is -2.41. The van der Waals surface area contributed by atoms with E-state index < -0.39 is 53.2 Å². The number of piperidine rings is 1. The van der Waals surface area contributed by atoms with Crippen molar-refractivity contribution >= 4 is 41.4 Å². The van der Waals surface area contributed by atoms with Gasteiger partial charge in [0.15, 0.2) is 0 Å². The standard InChI is InChI=1S/C42H68N6O7/c1-8-10-18-30(36(51)38(53)43-22-9-2)44-37(52)35-29(27(3)4)19-23-47(35)39(54)34(28-16-12-11-13-17-28)46-40(55)45-31(41(5,6)7)26-48-32(49)24-42(25-33(48)50)20-14-15-21-42/h9,27-31,34-35H,2,8,10-26H2,1,3-7H3,(H,43,53)(H,44,52)(H2,45,46,55)/t29-,30?,31-,34+,35+/m1/s1. The molecule has 55 heavy (non-hydrogen) atoms. The van der Waals surface area contributed by atoms with Crippen LogP contribution in [0.2, 0.25) is 0 Å². The second-order valence-corrected chi connectivity index (χ2v) is 18.1. The molecule has 0 bridgehead atoms. The zero-order valence-electron chi connectivity index (χ0n) is 34.3. The highest BCUT2D eigenvalue weighted by Crippen LogP contribution is 2.47. The molecule has 0 aromatic heterocycles. The van der Waals surface area contributed by atoms with Gasteiger partial charge in [-0.3, -0.25) is 33.7 Å². The molecule has 0 radical (unpaired) electrons. The highest BCUT2D eigenvalue weighted by Gasteiger charge is 2.48. The van der Waals surface area contributed by atoms with E-state index in [4.69, 9.17) is 0 Å². The lowest BCUT2D eigenvalue weighted by atomic mass is 9.76. The van der Waals surface area contributed by atoms with Crippen LogP contribution in [0.15, 0.2) is 12.7 Å². The van der Waals surface area contributed by atoms with Crippen LogP contribution in [0.1, 0.15) is 138 Å². The van der Waals surface area contributed by atoms with Gasteiger partial charge in [-0.2, -0.15) is 0 Å². The molecule has 308 valence electrons. The summed E-state index contributed by atoms with van der Waals surface area (Å²) in [6, 6.07) is -4.00. The van der Waals surface area contributed by atoms with Gasteiger partial charge in [0, 0.05) is 32.5 Å². The third-order valence-corrected chi connectivity index (χ3v) is 12.7. The first kappa shape index (κ1) is 44.0. The van der Waals surface area contributed by atoms with Gasteiger partial charge in [0.05, 0.1) is 12.1 Å². The number of carbonyl (C=O) groups excluding carboxylic acids is 7. The first-order valence-electron chi connectivity index (χ1n) is 21.0. The van der Waals surface area contributed by atoms with E-state index in [1.54, 1.807) is 4.90 Å². The predicted molar refractivity (Wildman–Crippen MR) is 210 cm³/mol. The molecule has 5 atom stereocenters. The van der Waals surface area contributed by atoms with Crippen molar-refractivity contribution in [2.75, 3.05) is 19.6 Å². The Hall–Kier alpha value is -3.77. The Balaban J connectivity index is 1.54. The number of nitrogens with one attached hydrogen (secondary N) is 4. The number of carbonyl (C=O) groups is 7. The molecule has 4 fully saturated rings. The summed E-state index contributed by atoms with van der Waals surface area (Å²) in [5.74, 6) is -3.07. The zero-order chi connectivity index (χ0) is 40.5. The summed E-state index contributed by atoms with van der Waals surface area (Å²) in [5.41, 5.74) is -0.757. The van der Waals surface area contributed by atoms with Crippen LogP contribution in [0.5, 0.6) is 0 Å². The van der Waals surface area contributed by atoms with E-state index in [9.17, 15) is 33.6 Å². The Kier molecular flexibility index (Phi) is 15.5. The summed E-state index contributed by atoms with van der Waals surface area (Å²) in [4.78, 5) is 98.5. The minimum absolute atomic E-state index is 0.0370. The maximum Gasteiger partial charge on any atom is 0.315 e. The Bertz CT molecular complexity index is 1410. The normalized spacial score (nSPS) is 23.3. The number of likely N-dealkylation sites (tertiary alicyclic amines) is 2. The van der Waals surface area contributed by atoms with Crippen molar-refractivity contribution in [3.63, 3.8) is 0 Å². The molecule has 0 aromatic carbocycles. The SMILES string of the molecule is C=CCNC(=O)C(=O)C(CCCC)NC(=O)[C@@H]1[C@@H](C(C)C)CCN1C(=O)[C@@H](NC(=O)N[C@H](CN1C(=O)CC2(CCCC2)CC1=O)C(C)(C)C)C1CCCCC1. The van der Waals surface area contributed by atoms with Gasteiger partial charge < -0.3 is 26.2 Å². The summed E-state index contributed by atoms with van der Waals surface area (Å²) >= 11 is 0. The largest absolute Gasteiger partial charge is 0.346 e. The average Bonchev–Trinajstić information content (AvgIpc) is 3.79. The maximum atomic E-state index is 14.8. The lowest BCUT2D eigenvalue weighted by Crippen LogP contribution is -2.62. The number of hydrogen-bond acceptors (Lipinski definition) is 7. The molecule has 13 nitrogen and oxygen atoms in total. The van der Waals surface area contributed by atoms with Crippen molar-refractivity contribution in [3.8, 4) is 0 Å². The van der Waals surface area contributed by atoms with Crippen molar-refractivity contribution in [1.82, 2.24) is 31.1 Å². The Morgan fingerprint density at radius 2 is 1.55 bits per heavy atom. The summed E-state index contributed by atoms with van der Waals surface area (Å²) in [5, 5.41) is 11.4. The molecule has 1 unspecified atom stereocenters. The lowest BCUT2D eigenvalue weighted by molar-refractivity contribution is -0.154. The zero-order valence-corrected chi connectivity index (χ0v) is 34.3. The second-order valence-electron chi connectivity index (χ2n) is 18.1. The molecular weight excluding hydrogens is 700 g/mol. The molecular formula is C42H68N6O7. The fourth-order valence-corrected chi connectivity index (χ4v) is 9.25. The van der Waals surface area contributed by atoms with Crippen LogP contribution < -0.4 is 21.3 Å². The van der Waals surface area contributed by atoms with Gasteiger partial charge in [-0.05, 0) is 67.1 Å². The Morgan fingerprint density at radius 3 is 2.11 bits per heavy atom. The molecule has 2 heterocycles. The first-order valence-corrected chi connectivity index (χ1v) is 21.0. The fourth-order valence-electron chi connectivity index (χ4n) is 9.25. The van der Waals surface area contributed by atoms with E-state index in [-0.39, 0.29) is 60.4 Å². The van der Waals surface area contributed by atoms with Crippen molar-refractivity contribution < 1.29 is 33.6 Å². The first-order chi connectivity index (χ1) is 26.0. The number of urea groups is 1. The monoisotopic (exact) mass is 769 g/mol. The Labute approximate surface area is 328 Å². The Morgan fingerprint density at radius 1 is 0.909 bits per heavy atom. The number of imide groups is 1. The van der Waals surface area contributed by atoms with Crippen LogP contribution in [0.25, 0.3) is 0 Å². The quantitative estimate of drug-likeness (QED) is 0.0994. The molecule has 4 N–H and O–H groups in total. The molecule has 4 aliphatic rings. The summed E-state index contributed by atoms with van der Waals surface area (Å²) in [7, 11) is 0. The summed E-state index contributed by atoms with van der Waals surface area (Å²) in [6.45, 7) is 15.9. The van der Waals surface area contributed by atoms with E-state index >= 15 is 0 Å². The highest BCUT2D eigenvalue weighted by atomic mass is 16.2. The maximum absolute atomic E-state index is 14.8. The third-order valence-electron chi connectivity index (χ3n) is 12.7. The van der Waals surface area contributed by atoms with Gasteiger partial charge in [0.1, 0.15) is 12.1 Å². The number of rotatable bonds is 16. The predicted octanol–water partition coefficient (Wildman–Crippen LogP) is 4.78. The molecule has 7 amide bonds. The van der Waals surface area contributed by atoms with E-state index in [1.807, 2.05) is 41.5 Å². The van der Waals surface area contributed by atoms with E-state index in [0.717, 1.165) is 64.2 Å². The van der Waals surface area contributed by atoms with Crippen LogP contribution in [-0.2, 0) is 28.8 Å². The van der Waals surface area contributed by atoms with E-state index in [2.05, 4.69) is 27.8 Å². The van der Waals surface area contributed by atoms with E-state index in [0.29, 0.717) is 32.2 Å². The smallest absolute Gasteiger partial charge is 0.315 e. The number of nitrogens with zero attached hydrogens (tertiary/aromatic N) is 2. The number of hydrogen-bond donors (Lipinski definition) is 4. The molecule has 2 saturated carbocycles. The molecule has 13 heteroatoms. The molecule has 1 spiro atoms. The number of amides is 7. The van der Waals surface area contributed by atoms with Crippen molar-refractivity contribution in [1.29, 1.82) is 0 Å². The highest BCUT2D eigenvalue weighted by molar-refractivity contribution is 6.38. The number of unbranched alkanes of at least 4 members (excludes halogenated alkanes) is 1. The fraction of sp³-hybridized carbons (Fsp3) is 0.786. The summed E-state index contributed by atoms with van der Waals surface area (Å²) in [6.07, 6.45) is 12.6. The van der Waals surface area contributed by atoms with Crippen LogP contribution in [0.4, 0.5) is 4.79 Å². The molecule has 2 saturated heterocycles. The van der Waals surface area contributed by atoms with Gasteiger partial charge in [0.25, 0.3) is 5.91 Å². The topological polar surface area (TPSA) is 174 Å². The van der Waals surface area contributed by atoms with Crippen LogP contribution in [0, 0.1) is 28.6 Å². The minimum atomic E-state index is -1.04. The molecule has 2 aliphatic heterocycles. The van der Waals surface area contributed by atoms with Gasteiger partial charge in [-0.1, -0.05) is 92.6 Å². The van der Waals surface area contributed by atoms with Crippen LogP contribution in [-0.4, -0.2) is 95.0 Å². The van der Waals surface area contributed by atoms with Crippen LogP contribution >= 0.6 is 0 Å². The van der Waals surface area contributed by atoms with Gasteiger partial charge >= 0.3 is 6.03 Å². The van der Waals surface area contributed by atoms with E-state index in [1.165, 1.54) is 11.0 Å². The van der Waals surface area contributed by atoms with Crippen LogP contribution in [0.3, 0.4) is 0 Å². The van der Waals surface area contributed by atoms with Gasteiger partial charge in [-0.15, -0.1) is 6.58 Å². The molecule has 4 rings (SSSR count).